The van der Waals surface area contributed by atoms with Crippen molar-refractivity contribution in [1.82, 2.24) is 5.32 Å². The van der Waals surface area contributed by atoms with Crippen LogP contribution in [0.1, 0.15) is 21.9 Å². The molecule has 0 aliphatic heterocycles. The zero-order chi connectivity index (χ0) is 20.6. The molecule has 7 heteroatoms. The Morgan fingerprint density at radius 3 is 2.28 bits per heavy atom. The van der Waals surface area contributed by atoms with Crippen molar-refractivity contribution in [3.8, 4) is 23.0 Å². The van der Waals surface area contributed by atoms with Gasteiger partial charge in [0, 0.05) is 6.54 Å². The molecule has 0 aliphatic carbocycles. The Labute approximate surface area is 169 Å². The van der Waals surface area contributed by atoms with E-state index in [4.69, 9.17) is 23.4 Å². The van der Waals surface area contributed by atoms with E-state index in [0.717, 1.165) is 5.56 Å². The summed E-state index contributed by atoms with van der Waals surface area (Å²) in [4.78, 5) is 12.4. The molecular weight excluding hydrogens is 374 g/mol. The van der Waals surface area contributed by atoms with Crippen LogP contribution in [0.15, 0.2) is 59.0 Å². The Bertz CT molecular complexity index is 965. The second-order valence-corrected chi connectivity index (χ2v) is 6.08. The number of benzene rings is 2. The Balaban J connectivity index is 1.56. The molecule has 1 N–H and O–H groups in total. The van der Waals surface area contributed by atoms with Crippen molar-refractivity contribution < 1.29 is 28.2 Å². The largest absolute Gasteiger partial charge is 0.493 e. The lowest BCUT2D eigenvalue weighted by molar-refractivity contribution is 0.0919. The van der Waals surface area contributed by atoms with Crippen LogP contribution in [-0.4, -0.2) is 27.2 Å². The Hall–Kier alpha value is -3.61. The van der Waals surface area contributed by atoms with Crippen molar-refractivity contribution in [2.45, 2.75) is 13.2 Å². The summed E-state index contributed by atoms with van der Waals surface area (Å²) in [6, 6.07) is 16.1. The fourth-order valence-corrected chi connectivity index (χ4v) is 2.72. The first-order valence-corrected chi connectivity index (χ1v) is 8.98. The maximum atomic E-state index is 12.4. The quantitative estimate of drug-likeness (QED) is 0.591. The highest BCUT2D eigenvalue weighted by Crippen LogP contribution is 2.28. The molecule has 2 aromatic carbocycles. The van der Waals surface area contributed by atoms with Gasteiger partial charge in [-0.05, 0) is 42.0 Å². The van der Waals surface area contributed by atoms with Gasteiger partial charge >= 0.3 is 0 Å². The van der Waals surface area contributed by atoms with E-state index in [2.05, 4.69) is 5.32 Å². The molecule has 1 heterocycles. The molecule has 0 saturated heterocycles. The number of hydrogen-bond donors (Lipinski definition) is 1. The molecule has 0 aliphatic rings. The number of ether oxygens (including phenoxy) is 4. The van der Waals surface area contributed by atoms with Crippen LogP contribution in [0, 0.1) is 0 Å². The fraction of sp³-hybridized carbons (Fsp3) is 0.227. The highest BCUT2D eigenvalue weighted by molar-refractivity contribution is 5.91. The molecule has 0 fully saturated rings. The number of rotatable bonds is 9. The zero-order valence-corrected chi connectivity index (χ0v) is 16.6. The zero-order valence-electron chi connectivity index (χ0n) is 16.6. The number of nitrogens with one attached hydrogen (secondary N) is 1. The third kappa shape index (κ3) is 5.01. The lowest BCUT2D eigenvalue weighted by atomic mass is 10.2. The van der Waals surface area contributed by atoms with Crippen LogP contribution >= 0.6 is 0 Å². The minimum Gasteiger partial charge on any atom is -0.493 e. The summed E-state index contributed by atoms with van der Waals surface area (Å²) < 4.78 is 27.0. The van der Waals surface area contributed by atoms with Gasteiger partial charge in [0.15, 0.2) is 28.8 Å². The number of carbonyl (C=O) groups excluding carboxylic acids is 1. The van der Waals surface area contributed by atoms with Crippen LogP contribution in [0.5, 0.6) is 23.0 Å². The molecule has 0 unspecified atom stereocenters. The van der Waals surface area contributed by atoms with Crippen LogP contribution in [0.2, 0.25) is 0 Å². The molecule has 152 valence electrons. The second kappa shape index (κ2) is 9.54. The summed E-state index contributed by atoms with van der Waals surface area (Å²) in [6.07, 6.45) is 0. The average molecular weight is 397 g/mol. The molecule has 0 spiro atoms. The van der Waals surface area contributed by atoms with Gasteiger partial charge in [0.05, 0.1) is 21.3 Å². The van der Waals surface area contributed by atoms with E-state index in [-0.39, 0.29) is 18.3 Å². The van der Waals surface area contributed by atoms with E-state index in [0.29, 0.717) is 35.3 Å². The van der Waals surface area contributed by atoms with Crippen molar-refractivity contribution >= 4 is 5.91 Å². The van der Waals surface area contributed by atoms with Gasteiger partial charge in [0.25, 0.3) is 5.91 Å². The van der Waals surface area contributed by atoms with Crippen molar-refractivity contribution in [2.75, 3.05) is 21.3 Å². The van der Waals surface area contributed by atoms with Gasteiger partial charge in [-0.1, -0.05) is 18.2 Å². The lowest BCUT2D eigenvalue weighted by Gasteiger charge is -2.10. The van der Waals surface area contributed by atoms with Gasteiger partial charge in [-0.15, -0.1) is 0 Å². The third-order valence-corrected chi connectivity index (χ3v) is 4.23. The summed E-state index contributed by atoms with van der Waals surface area (Å²) in [5, 5.41) is 2.82. The smallest absolute Gasteiger partial charge is 0.287 e. The predicted octanol–water partition coefficient (Wildman–Crippen LogP) is 3.81. The Kier molecular flexibility index (Phi) is 6.63. The first-order chi connectivity index (χ1) is 14.1. The average Bonchev–Trinajstić information content (AvgIpc) is 3.25. The predicted molar refractivity (Wildman–Crippen MR) is 107 cm³/mol. The summed E-state index contributed by atoms with van der Waals surface area (Å²) >= 11 is 0. The van der Waals surface area contributed by atoms with Crippen LogP contribution in [0.3, 0.4) is 0 Å². The normalized spacial score (nSPS) is 10.3. The van der Waals surface area contributed by atoms with Gasteiger partial charge < -0.3 is 28.7 Å². The molecule has 29 heavy (non-hydrogen) atoms. The van der Waals surface area contributed by atoms with Crippen LogP contribution in [0.25, 0.3) is 0 Å². The molecule has 0 saturated carbocycles. The number of furan rings is 1. The first-order valence-electron chi connectivity index (χ1n) is 8.98. The maximum absolute atomic E-state index is 12.4. The molecule has 0 bridgehead atoms. The number of carbonyl (C=O) groups is 1. The standard InChI is InChI=1S/C22H23NO6/c1-25-17-6-4-5-7-19(17)28-14-16-9-11-20(29-16)22(24)23-13-15-8-10-18(26-2)21(12-15)27-3/h4-12H,13-14H2,1-3H3,(H,23,24). The maximum Gasteiger partial charge on any atom is 0.287 e. The summed E-state index contributed by atoms with van der Waals surface area (Å²) in [5.41, 5.74) is 0.877. The second-order valence-electron chi connectivity index (χ2n) is 6.08. The Morgan fingerprint density at radius 2 is 1.55 bits per heavy atom. The van der Waals surface area contributed by atoms with E-state index < -0.39 is 0 Å². The number of methoxy groups -OCH3 is 3. The first kappa shape index (κ1) is 20.1. The van der Waals surface area contributed by atoms with Crippen molar-refractivity contribution in [3.63, 3.8) is 0 Å². The molecular formula is C22H23NO6. The Morgan fingerprint density at radius 1 is 0.862 bits per heavy atom. The van der Waals surface area contributed by atoms with E-state index in [1.54, 1.807) is 45.6 Å². The van der Waals surface area contributed by atoms with Gasteiger partial charge in [-0.2, -0.15) is 0 Å². The molecule has 1 amide bonds. The van der Waals surface area contributed by atoms with E-state index in [1.807, 2.05) is 30.3 Å². The fourth-order valence-electron chi connectivity index (χ4n) is 2.72. The summed E-state index contributed by atoms with van der Waals surface area (Å²) in [7, 11) is 4.72. The van der Waals surface area contributed by atoms with Gasteiger partial charge in [0.2, 0.25) is 0 Å². The minimum atomic E-state index is -0.316. The monoisotopic (exact) mass is 397 g/mol. The van der Waals surface area contributed by atoms with Crippen molar-refractivity contribution in [2.24, 2.45) is 0 Å². The van der Waals surface area contributed by atoms with Crippen LogP contribution in [0.4, 0.5) is 0 Å². The minimum absolute atomic E-state index is 0.184. The van der Waals surface area contributed by atoms with Crippen molar-refractivity contribution in [3.05, 3.63) is 71.7 Å². The molecule has 0 radical (unpaired) electrons. The van der Waals surface area contributed by atoms with Gasteiger partial charge in [-0.25, -0.2) is 0 Å². The van der Waals surface area contributed by atoms with Gasteiger partial charge in [0.1, 0.15) is 12.4 Å². The molecule has 1 aromatic heterocycles. The van der Waals surface area contributed by atoms with E-state index >= 15 is 0 Å². The lowest BCUT2D eigenvalue weighted by Crippen LogP contribution is -2.22. The molecule has 7 nitrogen and oxygen atoms in total. The topological polar surface area (TPSA) is 79.2 Å². The number of para-hydroxylation sites is 2. The summed E-state index contributed by atoms with van der Waals surface area (Å²) in [6.45, 7) is 0.510. The highest BCUT2D eigenvalue weighted by Gasteiger charge is 2.13. The number of amides is 1. The van der Waals surface area contributed by atoms with Crippen LogP contribution < -0.4 is 24.3 Å². The molecule has 0 atom stereocenters. The molecule has 3 rings (SSSR count). The molecule has 3 aromatic rings. The van der Waals surface area contributed by atoms with Crippen LogP contribution in [-0.2, 0) is 13.2 Å². The van der Waals surface area contributed by atoms with E-state index in [1.165, 1.54) is 0 Å². The van der Waals surface area contributed by atoms with Gasteiger partial charge in [-0.3, -0.25) is 4.79 Å². The highest BCUT2D eigenvalue weighted by atomic mass is 16.5. The summed E-state index contributed by atoms with van der Waals surface area (Å²) in [5.74, 6) is 2.90. The SMILES string of the molecule is COc1ccc(CNC(=O)c2ccc(COc3ccccc3OC)o2)cc1OC. The van der Waals surface area contributed by atoms with E-state index in [9.17, 15) is 4.79 Å². The van der Waals surface area contributed by atoms with Crippen molar-refractivity contribution in [1.29, 1.82) is 0 Å². The third-order valence-electron chi connectivity index (χ3n) is 4.23. The number of hydrogen-bond acceptors (Lipinski definition) is 6.